The predicted molar refractivity (Wildman–Crippen MR) is 96.7 cm³/mol. The van der Waals surface area contributed by atoms with Gasteiger partial charge in [0.15, 0.2) is 10.8 Å². The number of methoxy groups -OCH3 is 1. The Balaban J connectivity index is 2.19. The van der Waals surface area contributed by atoms with E-state index in [1.54, 1.807) is 16.9 Å². The average molecular weight is 367 g/mol. The van der Waals surface area contributed by atoms with E-state index >= 15 is 0 Å². The molecule has 0 saturated heterocycles. The number of anilines is 2. The number of nitrogens with one attached hydrogen (secondary N) is 2. The van der Waals surface area contributed by atoms with Gasteiger partial charge in [0.2, 0.25) is 0 Å². The Bertz CT molecular complexity index is 796. The van der Waals surface area contributed by atoms with Crippen LogP contribution in [-0.2, 0) is 11.3 Å². The van der Waals surface area contributed by atoms with Crippen LogP contribution in [0.5, 0.6) is 0 Å². The molecule has 2 aromatic rings. The zero-order valence-corrected chi connectivity index (χ0v) is 15.0. The molecule has 0 radical (unpaired) electrons. The van der Waals surface area contributed by atoms with Gasteiger partial charge in [0, 0.05) is 17.6 Å². The molecule has 10 heteroatoms. The van der Waals surface area contributed by atoms with E-state index in [0.29, 0.717) is 22.8 Å². The van der Waals surface area contributed by atoms with E-state index in [0.717, 1.165) is 4.88 Å². The molecule has 0 saturated carbocycles. The fourth-order valence-corrected chi connectivity index (χ4v) is 3.16. The van der Waals surface area contributed by atoms with Crippen molar-refractivity contribution in [3.8, 4) is 0 Å². The number of hydrogen-bond donors (Lipinski definition) is 3. The first-order valence-electron chi connectivity index (χ1n) is 6.99. The fraction of sp³-hybridized carbons (Fsp3) is 0.286. The number of hydrogen-bond acceptors (Lipinski definition) is 6. The number of thiocarbonyl (C=S) groups is 1. The molecule has 2 aromatic heterocycles. The van der Waals surface area contributed by atoms with Crippen LogP contribution in [0.25, 0.3) is 0 Å². The lowest BCUT2D eigenvalue weighted by molar-refractivity contribution is 0.0602. The van der Waals surface area contributed by atoms with Crippen molar-refractivity contribution in [1.29, 1.82) is 0 Å². The molecule has 2 rings (SSSR count). The highest BCUT2D eigenvalue weighted by molar-refractivity contribution is 7.80. The van der Waals surface area contributed by atoms with Crippen molar-refractivity contribution < 1.29 is 14.3 Å². The minimum Gasteiger partial charge on any atom is -0.465 e. The van der Waals surface area contributed by atoms with E-state index in [1.165, 1.54) is 18.4 Å². The van der Waals surface area contributed by atoms with E-state index in [9.17, 15) is 9.59 Å². The molecular weight excluding hydrogens is 350 g/mol. The maximum absolute atomic E-state index is 11.8. The second-order valence-corrected chi connectivity index (χ2v) is 6.45. The maximum atomic E-state index is 11.8. The largest absolute Gasteiger partial charge is 0.465 e. The second kappa shape index (κ2) is 7.41. The molecule has 24 heavy (non-hydrogen) atoms. The summed E-state index contributed by atoms with van der Waals surface area (Å²) in [5, 5.41) is 10.7. The molecule has 0 aliphatic rings. The topological polar surface area (TPSA) is 111 Å². The van der Waals surface area contributed by atoms with Crippen LogP contribution in [0, 0.1) is 6.92 Å². The third-order valence-corrected chi connectivity index (χ3v) is 4.22. The normalized spacial score (nSPS) is 10.3. The number of amides is 1. The number of nitrogens with zero attached hydrogens (tertiary/aromatic N) is 2. The summed E-state index contributed by atoms with van der Waals surface area (Å²) in [6.07, 6.45) is 1.63. The Morgan fingerprint density at radius 2 is 2.17 bits per heavy atom. The molecule has 0 unspecified atom stereocenters. The number of carbonyl (C=O) groups is 2. The Labute approximate surface area is 148 Å². The first-order chi connectivity index (χ1) is 11.3. The molecule has 2 heterocycles. The van der Waals surface area contributed by atoms with Crippen molar-refractivity contribution in [3.05, 3.63) is 28.4 Å². The number of nitrogens with two attached hydrogens (primary N) is 1. The monoisotopic (exact) mass is 367 g/mol. The van der Waals surface area contributed by atoms with Crippen molar-refractivity contribution >= 4 is 51.2 Å². The number of rotatable bonds is 5. The SMILES string of the molecule is CCn1cc(NC(=S)Nc2sc(C)cc2C(=O)OC)c(C(N)=O)n1. The fourth-order valence-electron chi connectivity index (χ4n) is 1.98. The van der Waals surface area contributed by atoms with Gasteiger partial charge in [0.05, 0.1) is 18.4 Å². The van der Waals surface area contributed by atoms with Gasteiger partial charge in [-0.15, -0.1) is 11.3 Å². The van der Waals surface area contributed by atoms with Gasteiger partial charge >= 0.3 is 5.97 Å². The molecule has 0 bridgehead atoms. The van der Waals surface area contributed by atoms with Gasteiger partial charge in [-0.25, -0.2) is 4.79 Å². The first kappa shape index (κ1) is 17.9. The zero-order valence-electron chi connectivity index (χ0n) is 13.4. The lowest BCUT2D eigenvalue weighted by Crippen LogP contribution is -2.22. The Hall–Kier alpha value is -2.46. The summed E-state index contributed by atoms with van der Waals surface area (Å²) in [7, 11) is 1.31. The van der Waals surface area contributed by atoms with Gasteiger partial charge < -0.3 is 21.1 Å². The van der Waals surface area contributed by atoms with Gasteiger partial charge in [0.25, 0.3) is 5.91 Å². The highest BCUT2D eigenvalue weighted by Crippen LogP contribution is 2.28. The molecule has 0 aliphatic carbocycles. The van der Waals surface area contributed by atoms with Gasteiger partial charge in [-0.1, -0.05) is 0 Å². The Morgan fingerprint density at radius 1 is 1.46 bits per heavy atom. The number of carbonyl (C=O) groups excluding carboxylic acids is 2. The Morgan fingerprint density at radius 3 is 2.75 bits per heavy atom. The van der Waals surface area contributed by atoms with E-state index in [-0.39, 0.29) is 10.8 Å². The molecule has 0 spiro atoms. The van der Waals surface area contributed by atoms with Crippen LogP contribution < -0.4 is 16.4 Å². The Kier molecular flexibility index (Phi) is 5.52. The molecule has 8 nitrogen and oxygen atoms in total. The van der Waals surface area contributed by atoms with Crippen molar-refractivity contribution in [3.63, 3.8) is 0 Å². The zero-order chi connectivity index (χ0) is 17.9. The summed E-state index contributed by atoms with van der Waals surface area (Å²) in [6.45, 7) is 4.34. The molecule has 0 aromatic carbocycles. The number of primary amides is 1. The molecule has 128 valence electrons. The van der Waals surface area contributed by atoms with Crippen LogP contribution in [0.2, 0.25) is 0 Å². The van der Waals surface area contributed by atoms with Crippen molar-refractivity contribution in [2.75, 3.05) is 17.7 Å². The van der Waals surface area contributed by atoms with E-state index in [4.69, 9.17) is 22.7 Å². The van der Waals surface area contributed by atoms with E-state index in [2.05, 4.69) is 15.7 Å². The van der Waals surface area contributed by atoms with Crippen LogP contribution in [0.1, 0.15) is 32.6 Å². The van der Waals surface area contributed by atoms with Crippen LogP contribution in [0.3, 0.4) is 0 Å². The van der Waals surface area contributed by atoms with Gasteiger partial charge in [0.1, 0.15) is 5.00 Å². The van der Waals surface area contributed by atoms with Gasteiger partial charge in [-0.3, -0.25) is 9.48 Å². The third kappa shape index (κ3) is 3.89. The van der Waals surface area contributed by atoms with Crippen molar-refractivity contribution in [2.45, 2.75) is 20.4 Å². The maximum Gasteiger partial charge on any atom is 0.340 e. The standard InChI is InChI=1S/C14H17N5O3S2/c1-4-19-6-9(10(18-19)11(15)20)16-14(23)17-12-8(13(21)22-3)5-7(2)24-12/h5-6H,4H2,1-3H3,(H2,15,20)(H2,16,17,23). The minimum absolute atomic E-state index is 0.0940. The molecule has 0 aliphatic heterocycles. The third-order valence-electron chi connectivity index (χ3n) is 3.05. The smallest absolute Gasteiger partial charge is 0.340 e. The summed E-state index contributed by atoms with van der Waals surface area (Å²) in [5.41, 5.74) is 6.20. The van der Waals surface area contributed by atoms with Gasteiger partial charge in [-0.2, -0.15) is 5.10 Å². The van der Waals surface area contributed by atoms with E-state index in [1.807, 2.05) is 13.8 Å². The number of aromatic nitrogens is 2. The highest BCUT2D eigenvalue weighted by Gasteiger charge is 2.18. The summed E-state index contributed by atoms with van der Waals surface area (Å²) in [6, 6.07) is 1.71. The highest BCUT2D eigenvalue weighted by atomic mass is 32.1. The average Bonchev–Trinajstić information content (AvgIpc) is 3.09. The summed E-state index contributed by atoms with van der Waals surface area (Å²) >= 11 is 6.61. The quantitative estimate of drug-likeness (QED) is 0.547. The first-order valence-corrected chi connectivity index (χ1v) is 8.22. The van der Waals surface area contributed by atoms with E-state index < -0.39 is 11.9 Å². The summed E-state index contributed by atoms with van der Waals surface area (Å²) in [5.74, 6) is -1.11. The minimum atomic E-state index is -0.658. The lowest BCUT2D eigenvalue weighted by Gasteiger charge is -2.09. The molecule has 0 atom stereocenters. The number of thiophene rings is 1. The summed E-state index contributed by atoms with van der Waals surface area (Å²) < 4.78 is 6.32. The lowest BCUT2D eigenvalue weighted by atomic mass is 10.3. The molecular formula is C14H17N5O3S2. The molecule has 1 amide bonds. The summed E-state index contributed by atoms with van der Waals surface area (Å²) in [4.78, 5) is 24.2. The van der Waals surface area contributed by atoms with Crippen LogP contribution in [0.4, 0.5) is 10.7 Å². The predicted octanol–water partition coefficient (Wildman–Crippen LogP) is 1.97. The van der Waals surface area contributed by atoms with Crippen LogP contribution in [0.15, 0.2) is 12.3 Å². The van der Waals surface area contributed by atoms with Crippen LogP contribution >= 0.6 is 23.6 Å². The molecule has 0 fully saturated rings. The van der Waals surface area contributed by atoms with Crippen LogP contribution in [-0.4, -0.2) is 33.9 Å². The molecule has 4 N–H and O–H groups in total. The van der Waals surface area contributed by atoms with Gasteiger partial charge in [-0.05, 0) is 32.1 Å². The van der Waals surface area contributed by atoms with Crippen molar-refractivity contribution in [2.24, 2.45) is 5.73 Å². The number of esters is 1. The second-order valence-electron chi connectivity index (χ2n) is 4.78. The number of aryl methyl sites for hydroxylation is 2. The number of ether oxygens (including phenoxy) is 1. The van der Waals surface area contributed by atoms with Crippen molar-refractivity contribution in [1.82, 2.24) is 9.78 Å².